The Labute approximate surface area is 75.9 Å². The molecule has 72 valence electrons. The van der Waals surface area contributed by atoms with E-state index in [2.05, 4.69) is 12.2 Å². The van der Waals surface area contributed by atoms with Crippen molar-refractivity contribution in [2.75, 3.05) is 6.54 Å². The summed E-state index contributed by atoms with van der Waals surface area (Å²) in [4.78, 5) is 0. The molecule has 1 aliphatic carbocycles. The van der Waals surface area contributed by atoms with Crippen molar-refractivity contribution in [2.24, 2.45) is 5.73 Å². The van der Waals surface area contributed by atoms with Crippen LogP contribution in [0.1, 0.15) is 45.4 Å². The molecule has 0 spiro atoms. The van der Waals surface area contributed by atoms with Crippen molar-refractivity contribution in [3.63, 3.8) is 0 Å². The van der Waals surface area contributed by atoms with Crippen molar-refractivity contribution in [3.05, 3.63) is 0 Å². The summed E-state index contributed by atoms with van der Waals surface area (Å²) in [5.74, 6) is 0. The van der Waals surface area contributed by atoms with Gasteiger partial charge in [0.15, 0.2) is 0 Å². The molecule has 12 heavy (non-hydrogen) atoms. The molecule has 0 aromatic carbocycles. The molecule has 0 heterocycles. The van der Waals surface area contributed by atoms with Gasteiger partial charge >= 0.3 is 0 Å². The van der Waals surface area contributed by atoms with Crippen LogP contribution in [-0.2, 0) is 0 Å². The Hall–Kier alpha value is -0.0800. The molecule has 1 aliphatic rings. The average Bonchev–Trinajstić information content (AvgIpc) is 2.09. The van der Waals surface area contributed by atoms with Gasteiger partial charge in [-0.1, -0.05) is 26.2 Å². The molecule has 2 nitrogen and oxygen atoms in total. The molecule has 0 aliphatic heterocycles. The molecule has 0 saturated heterocycles. The predicted octanol–water partition coefficient (Wildman–Crippen LogP) is 1.65. The summed E-state index contributed by atoms with van der Waals surface area (Å²) >= 11 is 0. The second-order valence-corrected chi connectivity index (χ2v) is 3.86. The first-order chi connectivity index (χ1) is 5.84. The molecule has 0 bridgehead atoms. The highest BCUT2D eigenvalue weighted by atomic mass is 14.9. The minimum Gasteiger partial charge on any atom is -0.326 e. The Morgan fingerprint density at radius 1 is 1.33 bits per heavy atom. The first kappa shape index (κ1) is 10.0. The van der Waals surface area contributed by atoms with Gasteiger partial charge in [0.2, 0.25) is 0 Å². The highest BCUT2D eigenvalue weighted by Crippen LogP contribution is 2.16. The molecular formula is C10H22N2. The van der Waals surface area contributed by atoms with Gasteiger partial charge in [0.1, 0.15) is 0 Å². The maximum Gasteiger partial charge on any atom is 0.0219 e. The Morgan fingerprint density at radius 2 is 2.08 bits per heavy atom. The van der Waals surface area contributed by atoms with Crippen molar-refractivity contribution in [1.29, 1.82) is 0 Å². The first-order valence-corrected chi connectivity index (χ1v) is 5.33. The molecule has 0 radical (unpaired) electrons. The van der Waals surface area contributed by atoms with Crippen LogP contribution < -0.4 is 11.1 Å². The molecule has 2 atom stereocenters. The fourth-order valence-corrected chi connectivity index (χ4v) is 1.88. The highest BCUT2D eigenvalue weighted by molar-refractivity contribution is 4.83. The summed E-state index contributed by atoms with van der Waals surface area (Å²) in [5.41, 5.74) is 6.00. The van der Waals surface area contributed by atoms with Gasteiger partial charge in [-0.25, -0.2) is 0 Å². The van der Waals surface area contributed by atoms with E-state index < -0.39 is 0 Å². The number of hydrogen-bond acceptors (Lipinski definition) is 2. The lowest BCUT2D eigenvalue weighted by molar-refractivity contribution is 0.327. The summed E-state index contributed by atoms with van der Waals surface area (Å²) in [6, 6.07) is 1.01. The number of nitrogens with two attached hydrogens (primary N) is 1. The smallest absolute Gasteiger partial charge is 0.0219 e. The molecule has 1 rings (SSSR count). The molecular weight excluding hydrogens is 148 g/mol. The summed E-state index contributed by atoms with van der Waals surface area (Å²) in [6.07, 6.45) is 7.73. The van der Waals surface area contributed by atoms with E-state index in [1.165, 1.54) is 38.5 Å². The van der Waals surface area contributed by atoms with E-state index in [0.717, 1.165) is 6.54 Å². The van der Waals surface area contributed by atoms with E-state index >= 15 is 0 Å². The SMILES string of the molecule is CCCCN[C@@H]1CCCC[C@H]1N. The number of unbranched alkanes of at least 4 members (excludes halogenated alkanes) is 1. The van der Waals surface area contributed by atoms with E-state index in [9.17, 15) is 0 Å². The van der Waals surface area contributed by atoms with Crippen molar-refractivity contribution in [1.82, 2.24) is 5.32 Å². The lowest BCUT2D eigenvalue weighted by Crippen LogP contribution is -2.47. The zero-order valence-corrected chi connectivity index (χ0v) is 8.18. The van der Waals surface area contributed by atoms with Gasteiger partial charge in [0.25, 0.3) is 0 Å². The quantitative estimate of drug-likeness (QED) is 0.630. The van der Waals surface area contributed by atoms with E-state index in [4.69, 9.17) is 5.73 Å². The Morgan fingerprint density at radius 3 is 2.75 bits per heavy atom. The van der Waals surface area contributed by atoms with Crippen LogP contribution in [0.25, 0.3) is 0 Å². The fourth-order valence-electron chi connectivity index (χ4n) is 1.88. The molecule has 0 amide bonds. The first-order valence-electron chi connectivity index (χ1n) is 5.33. The van der Waals surface area contributed by atoms with E-state index in [1.54, 1.807) is 0 Å². The van der Waals surface area contributed by atoms with Crippen LogP contribution in [0, 0.1) is 0 Å². The van der Waals surface area contributed by atoms with Gasteiger partial charge in [0.05, 0.1) is 0 Å². The van der Waals surface area contributed by atoms with Crippen LogP contribution in [0.4, 0.5) is 0 Å². The van der Waals surface area contributed by atoms with Crippen LogP contribution >= 0.6 is 0 Å². The normalized spacial score (nSPS) is 30.5. The molecule has 0 unspecified atom stereocenters. The Kier molecular flexibility index (Phi) is 4.62. The minimum absolute atomic E-state index is 0.413. The summed E-state index contributed by atoms with van der Waals surface area (Å²) in [7, 11) is 0. The summed E-state index contributed by atoms with van der Waals surface area (Å²) < 4.78 is 0. The molecule has 1 fully saturated rings. The number of hydrogen-bond donors (Lipinski definition) is 2. The van der Waals surface area contributed by atoms with Crippen molar-refractivity contribution in [3.8, 4) is 0 Å². The third kappa shape index (κ3) is 3.11. The van der Waals surface area contributed by atoms with E-state index in [0.29, 0.717) is 12.1 Å². The molecule has 0 aromatic heterocycles. The third-order valence-electron chi connectivity index (χ3n) is 2.76. The summed E-state index contributed by atoms with van der Waals surface area (Å²) in [5, 5.41) is 3.55. The van der Waals surface area contributed by atoms with Crippen LogP contribution in [0.2, 0.25) is 0 Å². The van der Waals surface area contributed by atoms with Gasteiger partial charge in [-0.2, -0.15) is 0 Å². The standard InChI is InChI=1S/C10H22N2/c1-2-3-8-12-10-7-5-4-6-9(10)11/h9-10,12H,2-8,11H2,1H3/t9-,10-/m1/s1. The molecule has 1 saturated carbocycles. The number of nitrogens with one attached hydrogen (secondary N) is 1. The molecule has 3 N–H and O–H groups in total. The fraction of sp³-hybridized carbons (Fsp3) is 1.00. The van der Waals surface area contributed by atoms with Crippen molar-refractivity contribution in [2.45, 2.75) is 57.5 Å². The Balaban J connectivity index is 2.11. The van der Waals surface area contributed by atoms with Crippen molar-refractivity contribution >= 4 is 0 Å². The maximum atomic E-state index is 6.00. The molecule has 0 aromatic rings. The summed E-state index contributed by atoms with van der Waals surface area (Å²) in [6.45, 7) is 3.37. The third-order valence-corrected chi connectivity index (χ3v) is 2.76. The van der Waals surface area contributed by atoms with Gasteiger partial charge in [0, 0.05) is 12.1 Å². The predicted molar refractivity (Wildman–Crippen MR) is 53.1 cm³/mol. The molecule has 2 heteroatoms. The Bertz CT molecular complexity index is 114. The second-order valence-electron chi connectivity index (χ2n) is 3.86. The van der Waals surface area contributed by atoms with Crippen LogP contribution in [0.15, 0.2) is 0 Å². The van der Waals surface area contributed by atoms with Crippen LogP contribution in [-0.4, -0.2) is 18.6 Å². The largest absolute Gasteiger partial charge is 0.326 e. The second kappa shape index (κ2) is 5.55. The topological polar surface area (TPSA) is 38.0 Å². The van der Waals surface area contributed by atoms with Gasteiger partial charge in [-0.15, -0.1) is 0 Å². The van der Waals surface area contributed by atoms with Crippen molar-refractivity contribution < 1.29 is 0 Å². The van der Waals surface area contributed by atoms with E-state index in [-0.39, 0.29) is 0 Å². The van der Waals surface area contributed by atoms with Gasteiger partial charge < -0.3 is 11.1 Å². The monoisotopic (exact) mass is 170 g/mol. The minimum atomic E-state index is 0.413. The average molecular weight is 170 g/mol. The van der Waals surface area contributed by atoms with E-state index in [1.807, 2.05) is 0 Å². The van der Waals surface area contributed by atoms with Crippen LogP contribution in [0.3, 0.4) is 0 Å². The zero-order chi connectivity index (χ0) is 8.81. The highest BCUT2D eigenvalue weighted by Gasteiger charge is 2.20. The van der Waals surface area contributed by atoms with Gasteiger partial charge in [-0.3, -0.25) is 0 Å². The number of rotatable bonds is 4. The lowest BCUT2D eigenvalue weighted by atomic mass is 9.91. The van der Waals surface area contributed by atoms with Crippen LogP contribution in [0.5, 0.6) is 0 Å². The zero-order valence-electron chi connectivity index (χ0n) is 8.18. The van der Waals surface area contributed by atoms with Gasteiger partial charge in [-0.05, 0) is 25.8 Å². The lowest BCUT2D eigenvalue weighted by Gasteiger charge is -2.29. The maximum absolute atomic E-state index is 6.00.